The van der Waals surface area contributed by atoms with Gasteiger partial charge in [-0.15, -0.1) is 0 Å². The van der Waals surface area contributed by atoms with Crippen LogP contribution in [0.25, 0.3) is 0 Å². The molecule has 0 spiro atoms. The molecule has 7 heteroatoms. The summed E-state index contributed by atoms with van der Waals surface area (Å²) in [7, 11) is -3.46. The van der Waals surface area contributed by atoms with E-state index < -0.39 is 10.2 Å². The van der Waals surface area contributed by atoms with Crippen molar-refractivity contribution in [2.45, 2.75) is 32.7 Å². The topological polar surface area (TPSA) is 78.9 Å². The molecule has 1 heterocycles. The molecule has 108 valence electrons. The van der Waals surface area contributed by atoms with E-state index in [2.05, 4.69) is 4.72 Å². The molecule has 0 aromatic carbocycles. The van der Waals surface area contributed by atoms with Crippen molar-refractivity contribution in [3.63, 3.8) is 0 Å². The number of nitrogens with one attached hydrogen (secondary N) is 1. The average Bonchev–Trinajstić information content (AvgIpc) is 2.36. The minimum atomic E-state index is -3.46. The van der Waals surface area contributed by atoms with Crippen LogP contribution < -0.4 is 4.72 Å². The van der Waals surface area contributed by atoms with Crippen LogP contribution in [0.2, 0.25) is 0 Å². The van der Waals surface area contributed by atoms with E-state index in [-0.39, 0.29) is 18.6 Å². The molecule has 1 aliphatic rings. The highest BCUT2D eigenvalue weighted by Crippen LogP contribution is 2.18. The lowest BCUT2D eigenvalue weighted by atomic mass is 10.0. The molecule has 18 heavy (non-hydrogen) atoms. The Balaban J connectivity index is 2.51. The van der Waals surface area contributed by atoms with Gasteiger partial charge in [0.25, 0.3) is 10.2 Å². The number of hydrogen-bond acceptors (Lipinski definition) is 4. The van der Waals surface area contributed by atoms with E-state index in [0.717, 1.165) is 12.8 Å². The minimum Gasteiger partial charge on any atom is -0.396 e. The normalized spacial score (nSPS) is 24.1. The number of nitrogens with zero attached hydrogens (tertiary/aromatic N) is 1. The molecule has 1 fully saturated rings. The molecule has 0 saturated carbocycles. The van der Waals surface area contributed by atoms with Gasteiger partial charge in [-0.2, -0.15) is 17.4 Å². The first kappa shape index (κ1) is 15.8. The van der Waals surface area contributed by atoms with Gasteiger partial charge in [0.2, 0.25) is 0 Å². The molecule has 0 aromatic heterocycles. The molecule has 0 radical (unpaired) electrons. The zero-order chi connectivity index (χ0) is 13.6. The van der Waals surface area contributed by atoms with Gasteiger partial charge >= 0.3 is 0 Å². The molecule has 2 atom stereocenters. The van der Waals surface area contributed by atoms with Gasteiger partial charge in [0.05, 0.1) is 6.61 Å². The van der Waals surface area contributed by atoms with Crippen molar-refractivity contribution in [3.8, 4) is 0 Å². The Morgan fingerprint density at radius 2 is 2.28 bits per heavy atom. The van der Waals surface area contributed by atoms with E-state index in [9.17, 15) is 8.42 Å². The fourth-order valence-electron chi connectivity index (χ4n) is 2.05. The Hall–Kier alpha value is -0.210. The molecule has 0 bridgehead atoms. The van der Waals surface area contributed by atoms with Gasteiger partial charge in [-0.1, -0.05) is 0 Å². The van der Waals surface area contributed by atoms with Crippen molar-refractivity contribution >= 4 is 10.2 Å². The van der Waals surface area contributed by atoms with Crippen LogP contribution >= 0.6 is 0 Å². The molecule has 1 aliphatic heterocycles. The second-order valence-electron chi connectivity index (χ2n) is 4.73. The number of piperidine rings is 1. The molecule has 1 saturated heterocycles. The summed E-state index contributed by atoms with van der Waals surface area (Å²) in [5, 5.41) is 9.11. The molecule has 6 nitrogen and oxygen atoms in total. The van der Waals surface area contributed by atoms with Crippen LogP contribution in [0.15, 0.2) is 0 Å². The number of ether oxygens (including phenoxy) is 1. The van der Waals surface area contributed by atoms with Crippen molar-refractivity contribution in [2.75, 3.05) is 32.9 Å². The number of hydrogen-bond donors (Lipinski definition) is 2. The first-order valence-electron chi connectivity index (χ1n) is 6.45. The van der Waals surface area contributed by atoms with Crippen LogP contribution in [-0.2, 0) is 14.9 Å². The largest absolute Gasteiger partial charge is 0.396 e. The summed E-state index contributed by atoms with van der Waals surface area (Å²) in [4.78, 5) is 0. The number of aliphatic hydroxyl groups is 1. The zero-order valence-electron chi connectivity index (χ0n) is 11.1. The maximum Gasteiger partial charge on any atom is 0.279 e. The Bertz CT molecular complexity index is 334. The van der Waals surface area contributed by atoms with Crippen molar-refractivity contribution in [3.05, 3.63) is 0 Å². The van der Waals surface area contributed by atoms with E-state index in [4.69, 9.17) is 9.84 Å². The highest BCUT2D eigenvalue weighted by Gasteiger charge is 2.29. The van der Waals surface area contributed by atoms with E-state index in [1.54, 1.807) is 6.92 Å². The molecule has 0 amide bonds. The van der Waals surface area contributed by atoms with Crippen LogP contribution in [0.1, 0.15) is 26.7 Å². The smallest absolute Gasteiger partial charge is 0.279 e. The second-order valence-corrected chi connectivity index (χ2v) is 6.43. The molecular formula is C11H24N2O4S. The second kappa shape index (κ2) is 7.40. The van der Waals surface area contributed by atoms with Crippen LogP contribution in [-0.4, -0.2) is 56.8 Å². The predicted molar refractivity (Wildman–Crippen MR) is 69.4 cm³/mol. The third kappa shape index (κ3) is 4.81. The fourth-order valence-corrected chi connectivity index (χ4v) is 3.55. The predicted octanol–water partition coefficient (Wildman–Crippen LogP) is -0.0499. The van der Waals surface area contributed by atoms with Crippen molar-refractivity contribution in [1.29, 1.82) is 0 Å². The Kier molecular flexibility index (Phi) is 6.51. The third-order valence-electron chi connectivity index (χ3n) is 3.00. The van der Waals surface area contributed by atoms with E-state index in [1.165, 1.54) is 4.31 Å². The van der Waals surface area contributed by atoms with Crippen LogP contribution in [0, 0.1) is 5.92 Å². The molecular weight excluding hydrogens is 256 g/mol. The highest BCUT2D eigenvalue weighted by atomic mass is 32.2. The van der Waals surface area contributed by atoms with Crippen molar-refractivity contribution < 1.29 is 18.3 Å². The Morgan fingerprint density at radius 3 is 2.89 bits per heavy atom. The maximum atomic E-state index is 12.1. The minimum absolute atomic E-state index is 0.0422. The first-order valence-corrected chi connectivity index (χ1v) is 7.89. The van der Waals surface area contributed by atoms with Crippen LogP contribution in [0.4, 0.5) is 0 Å². The lowest BCUT2D eigenvalue weighted by molar-refractivity contribution is 0.131. The molecule has 0 aromatic rings. The molecule has 0 aliphatic carbocycles. The van der Waals surface area contributed by atoms with Gasteiger partial charge < -0.3 is 9.84 Å². The van der Waals surface area contributed by atoms with Crippen molar-refractivity contribution in [2.24, 2.45) is 5.92 Å². The molecule has 1 rings (SSSR count). The quantitative estimate of drug-likeness (QED) is 0.685. The first-order chi connectivity index (χ1) is 8.49. The summed E-state index contributed by atoms with van der Waals surface area (Å²) in [6.07, 6.45) is 1.68. The highest BCUT2D eigenvalue weighted by molar-refractivity contribution is 7.87. The average molecular weight is 280 g/mol. The SMILES string of the molecule is CCOCC(C)NS(=O)(=O)N1CCCC(CO)C1. The van der Waals surface area contributed by atoms with E-state index >= 15 is 0 Å². The summed E-state index contributed by atoms with van der Waals surface area (Å²) >= 11 is 0. The van der Waals surface area contributed by atoms with E-state index in [0.29, 0.717) is 26.3 Å². The lowest BCUT2D eigenvalue weighted by Gasteiger charge is -2.31. The van der Waals surface area contributed by atoms with Crippen molar-refractivity contribution in [1.82, 2.24) is 9.03 Å². The third-order valence-corrected chi connectivity index (χ3v) is 4.71. The van der Waals surface area contributed by atoms with Gasteiger partial charge in [0.1, 0.15) is 0 Å². The van der Waals surface area contributed by atoms with Crippen LogP contribution in [0.5, 0.6) is 0 Å². The van der Waals surface area contributed by atoms with Gasteiger partial charge in [-0.25, -0.2) is 0 Å². The summed E-state index contributed by atoms with van der Waals surface area (Å²) in [6.45, 7) is 5.55. The van der Waals surface area contributed by atoms with Gasteiger partial charge in [-0.05, 0) is 32.6 Å². The van der Waals surface area contributed by atoms with E-state index in [1.807, 2.05) is 6.92 Å². The standard InChI is InChI=1S/C11H24N2O4S/c1-3-17-9-10(2)12-18(15,16)13-6-4-5-11(7-13)8-14/h10-12,14H,3-9H2,1-2H3. The van der Waals surface area contributed by atoms with Gasteiger partial charge in [-0.3, -0.25) is 0 Å². The Morgan fingerprint density at radius 1 is 1.56 bits per heavy atom. The summed E-state index contributed by atoms with van der Waals surface area (Å²) in [5.41, 5.74) is 0. The zero-order valence-corrected chi connectivity index (χ0v) is 11.9. The number of rotatable bonds is 7. The van der Waals surface area contributed by atoms with Gasteiger partial charge in [0, 0.05) is 32.3 Å². The van der Waals surface area contributed by atoms with Crippen LogP contribution in [0.3, 0.4) is 0 Å². The maximum absolute atomic E-state index is 12.1. The number of aliphatic hydroxyl groups excluding tert-OH is 1. The molecule has 2 N–H and O–H groups in total. The fraction of sp³-hybridized carbons (Fsp3) is 1.00. The molecule has 2 unspecified atom stereocenters. The monoisotopic (exact) mass is 280 g/mol. The lowest BCUT2D eigenvalue weighted by Crippen LogP contribution is -2.49. The summed E-state index contributed by atoms with van der Waals surface area (Å²) < 4.78 is 33.4. The summed E-state index contributed by atoms with van der Waals surface area (Å²) in [5.74, 6) is 0.0533. The summed E-state index contributed by atoms with van der Waals surface area (Å²) in [6, 6.07) is -0.246. The Labute approximate surface area is 109 Å². The van der Waals surface area contributed by atoms with Gasteiger partial charge in [0.15, 0.2) is 0 Å².